The molecule has 304 valence electrons. The number of rotatable bonds is 9. The van der Waals surface area contributed by atoms with E-state index in [2.05, 4.69) is 15.4 Å². The highest BCUT2D eigenvalue weighted by Gasteiger charge is 2.45. The van der Waals surface area contributed by atoms with Crippen LogP contribution in [0.3, 0.4) is 0 Å². The van der Waals surface area contributed by atoms with Gasteiger partial charge in [-0.05, 0) is 58.4 Å². The van der Waals surface area contributed by atoms with Crippen LogP contribution in [-0.2, 0) is 27.9 Å². The first-order valence-corrected chi connectivity index (χ1v) is 18.8. The summed E-state index contributed by atoms with van der Waals surface area (Å²) in [5.41, 5.74) is 0.745. The first-order valence-electron chi connectivity index (χ1n) is 18.4. The number of piperazine rings is 1. The van der Waals surface area contributed by atoms with Gasteiger partial charge in [-0.2, -0.15) is 5.10 Å². The first-order chi connectivity index (χ1) is 27.0. The average Bonchev–Trinajstić information content (AvgIpc) is 3.86. The summed E-state index contributed by atoms with van der Waals surface area (Å²) < 4.78 is 44.5. The highest BCUT2D eigenvalue weighted by molar-refractivity contribution is 6.34. The molecule has 4 heterocycles. The van der Waals surface area contributed by atoms with Crippen LogP contribution < -0.4 is 5.32 Å². The molecule has 2 aromatic heterocycles. The first kappa shape index (κ1) is 41.2. The molecule has 0 radical (unpaired) electrons. The van der Waals surface area contributed by atoms with Gasteiger partial charge in [-0.25, -0.2) is 18.6 Å². The number of hydrogen-bond donors (Lipinski definition) is 2. The number of aryl methyl sites for hydroxylation is 1. The van der Waals surface area contributed by atoms with Gasteiger partial charge >= 0.3 is 6.09 Å². The number of carbonyl (C=O) groups excluding carboxylic acids is 4. The fourth-order valence-electron chi connectivity index (χ4n) is 6.95. The topological polar surface area (TPSA) is 164 Å². The Morgan fingerprint density at radius 1 is 0.982 bits per heavy atom. The van der Waals surface area contributed by atoms with Crippen LogP contribution in [0.25, 0.3) is 22.4 Å². The maximum atomic E-state index is 15.6. The predicted molar refractivity (Wildman–Crippen MR) is 206 cm³/mol. The molecule has 57 heavy (non-hydrogen) atoms. The minimum atomic E-state index is -1.11. The number of aromatic nitrogens is 4. The van der Waals surface area contributed by atoms with E-state index in [1.165, 1.54) is 57.9 Å². The van der Waals surface area contributed by atoms with E-state index < -0.39 is 47.3 Å². The Kier molecular flexibility index (Phi) is 12.0. The molecule has 1 unspecified atom stereocenters. The molecule has 4 amide bonds. The van der Waals surface area contributed by atoms with Crippen LogP contribution in [-0.4, -0.2) is 127 Å². The van der Waals surface area contributed by atoms with Crippen LogP contribution in [0.15, 0.2) is 42.7 Å². The van der Waals surface area contributed by atoms with Crippen LogP contribution in [0, 0.1) is 18.6 Å². The molecule has 2 aliphatic heterocycles. The Balaban J connectivity index is 1.08. The molecular weight excluding hydrogens is 766 g/mol. The lowest BCUT2D eigenvalue weighted by molar-refractivity contribution is -0.140. The van der Waals surface area contributed by atoms with Crippen molar-refractivity contribution in [3.05, 3.63) is 76.5 Å². The standard InChI is InChI=1S/C39H45ClF2N8O7/c1-22-27(21-49(45-22)17-18-56-6)24-9-10-26(32(42)31(24)41)29-20-43-34(46(29)5)35(52)44-23-7-8-25(28(40)19-23)36(53)47-13-15-48(16-14-47)37(54)33-30(51)11-12-50(33)38(55)57-39(2,3)4/h7-10,19-21,30,33,51H,11-18H2,1-6H3,(H,44,52)/t30?,33-/m0/s1. The van der Waals surface area contributed by atoms with E-state index in [-0.39, 0.29) is 84.0 Å². The number of amides is 4. The molecule has 2 atom stereocenters. The van der Waals surface area contributed by atoms with E-state index >= 15 is 8.78 Å². The van der Waals surface area contributed by atoms with Crippen molar-refractivity contribution in [2.75, 3.05) is 51.8 Å². The summed E-state index contributed by atoms with van der Waals surface area (Å²) in [5, 5.41) is 17.7. The van der Waals surface area contributed by atoms with Crippen LogP contribution in [0.4, 0.5) is 19.3 Å². The fourth-order valence-corrected chi connectivity index (χ4v) is 7.21. The highest BCUT2D eigenvalue weighted by atomic mass is 35.5. The zero-order chi connectivity index (χ0) is 41.3. The van der Waals surface area contributed by atoms with E-state index in [0.29, 0.717) is 24.4 Å². The molecule has 0 saturated carbocycles. The number of methoxy groups -OCH3 is 1. The Hall–Kier alpha value is -5.39. The van der Waals surface area contributed by atoms with Gasteiger partial charge in [0, 0.05) is 75.5 Å². The van der Waals surface area contributed by atoms with Crippen molar-refractivity contribution in [2.24, 2.45) is 7.05 Å². The molecule has 4 aromatic rings. The Morgan fingerprint density at radius 2 is 1.65 bits per heavy atom. The minimum absolute atomic E-state index is 0.0435. The lowest BCUT2D eigenvalue weighted by Crippen LogP contribution is -2.57. The summed E-state index contributed by atoms with van der Waals surface area (Å²) in [6.07, 6.45) is 1.44. The second kappa shape index (κ2) is 16.6. The van der Waals surface area contributed by atoms with Crippen molar-refractivity contribution < 1.29 is 42.5 Å². The second-order valence-corrected chi connectivity index (χ2v) is 15.3. The number of benzene rings is 2. The number of likely N-dealkylation sites (tertiary alicyclic amines) is 1. The lowest BCUT2D eigenvalue weighted by atomic mass is 10.0. The molecule has 2 fully saturated rings. The number of aliphatic hydroxyl groups excluding tert-OH is 1. The summed E-state index contributed by atoms with van der Waals surface area (Å²) in [5.74, 6) is -3.72. The molecule has 2 saturated heterocycles. The van der Waals surface area contributed by atoms with Gasteiger partial charge in [-0.1, -0.05) is 17.7 Å². The van der Waals surface area contributed by atoms with Crippen LogP contribution in [0.1, 0.15) is 53.9 Å². The number of aliphatic hydroxyl groups is 1. The van der Waals surface area contributed by atoms with Crippen LogP contribution in [0.5, 0.6) is 0 Å². The third-order valence-corrected chi connectivity index (χ3v) is 10.2. The van der Waals surface area contributed by atoms with Gasteiger partial charge in [0.15, 0.2) is 17.5 Å². The largest absolute Gasteiger partial charge is 0.444 e. The van der Waals surface area contributed by atoms with Crippen molar-refractivity contribution in [3.63, 3.8) is 0 Å². The van der Waals surface area contributed by atoms with Crippen LogP contribution >= 0.6 is 11.6 Å². The molecule has 2 aromatic carbocycles. The second-order valence-electron chi connectivity index (χ2n) is 14.9. The molecule has 18 heteroatoms. The van der Waals surface area contributed by atoms with Gasteiger partial charge in [0.05, 0.1) is 47.4 Å². The zero-order valence-electron chi connectivity index (χ0n) is 32.5. The van der Waals surface area contributed by atoms with Gasteiger partial charge in [0.2, 0.25) is 5.91 Å². The predicted octanol–water partition coefficient (Wildman–Crippen LogP) is 4.74. The molecule has 15 nitrogen and oxygen atoms in total. The fraction of sp³-hybridized carbons (Fsp3) is 0.436. The number of nitrogens with one attached hydrogen (secondary N) is 1. The lowest BCUT2D eigenvalue weighted by Gasteiger charge is -2.38. The highest BCUT2D eigenvalue weighted by Crippen LogP contribution is 2.33. The van der Waals surface area contributed by atoms with Crippen molar-refractivity contribution in [3.8, 4) is 22.4 Å². The van der Waals surface area contributed by atoms with Gasteiger partial charge in [0.25, 0.3) is 11.8 Å². The zero-order valence-corrected chi connectivity index (χ0v) is 33.3. The minimum Gasteiger partial charge on any atom is -0.444 e. The third kappa shape index (κ3) is 8.65. The van der Waals surface area contributed by atoms with Gasteiger partial charge in [0.1, 0.15) is 11.6 Å². The summed E-state index contributed by atoms with van der Waals surface area (Å²) in [6, 6.07) is 6.19. The van der Waals surface area contributed by atoms with Gasteiger partial charge in [-0.3, -0.25) is 24.0 Å². The number of carbonyl (C=O) groups is 4. The number of anilines is 1. The average molecular weight is 811 g/mol. The van der Waals surface area contributed by atoms with Crippen molar-refractivity contribution in [1.82, 2.24) is 34.0 Å². The van der Waals surface area contributed by atoms with Gasteiger partial charge < -0.3 is 34.3 Å². The van der Waals surface area contributed by atoms with E-state index in [1.807, 2.05) is 0 Å². The number of halogens is 3. The Labute approximate surface area is 333 Å². The van der Waals surface area contributed by atoms with Crippen molar-refractivity contribution >= 4 is 41.1 Å². The summed E-state index contributed by atoms with van der Waals surface area (Å²) in [6.45, 7) is 8.62. The normalized spacial score (nSPS) is 17.3. The number of hydrogen-bond acceptors (Lipinski definition) is 9. The smallest absolute Gasteiger partial charge is 0.411 e. The summed E-state index contributed by atoms with van der Waals surface area (Å²) >= 11 is 6.53. The summed E-state index contributed by atoms with van der Waals surface area (Å²) in [4.78, 5) is 61.5. The van der Waals surface area contributed by atoms with Gasteiger partial charge in [-0.15, -0.1) is 0 Å². The van der Waals surface area contributed by atoms with E-state index in [4.69, 9.17) is 21.1 Å². The maximum absolute atomic E-state index is 15.6. The molecule has 2 N–H and O–H groups in total. The monoisotopic (exact) mass is 810 g/mol. The molecule has 0 aliphatic carbocycles. The van der Waals surface area contributed by atoms with E-state index in [9.17, 15) is 24.3 Å². The van der Waals surface area contributed by atoms with E-state index in [0.717, 1.165) is 0 Å². The van der Waals surface area contributed by atoms with E-state index in [1.54, 1.807) is 50.6 Å². The molecule has 0 spiro atoms. The SMILES string of the molecule is COCCn1cc(-c2ccc(-c3cnc(C(=O)Nc4ccc(C(=O)N5CCN(C(=O)[C@@H]6C(O)CCN6C(=O)OC(C)(C)C)CC5)c(Cl)c4)n3C)c(F)c2F)c(C)n1. The number of imidazole rings is 1. The molecule has 2 aliphatic rings. The third-order valence-electron chi connectivity index (χ3n) is 9.89. The number of ether oxygens (including phenoxy) is 2. The van der Waals surface area contributed by atoms with Crippen molar-refractivity contribution in [2.45, 2.75) is 58.4 Å². The Morgan fingerprint density at radius 3 is 2.32 bits per heavy atom. The molecule has 6 rings (SSSR count). The molecule has 0 bridgehead atoms. The quantitative estimate of drug-likeness (QED) is 0.243. The van der Waals surface area contributed by atoms with Crippen LogP contribution in [0.2, 0.25) is 5.02 Å². The van der Waals surface area contributed by atoms with Crippen molar-refractivity contribution in [1.29, 1.82) is 0 Å². The number of nitrogens with zero attached hydrogens (tertiary/aromatic N) is 7. The Bertz CT molecular complexity index is 2190. The molecular formula is C39H45ClF2N8O7. The maximum Gasteiger partial charge on any atom is 0.411 e. The summed E-state index contributed by atoms with van der Waals surface area (Å²) in [7, 11) is 3.06.